The summed E-state index contributed by atoms with van der Waals surface area (Å²) in [5.41, 5.74) is 3.53. The van der Waals surface area contributed by atoms with E-state index in [1.165, 1.54) is 20.8 Å². The minimum Gasteiger partial charge on any atom is -0.480 e. The van der Waals surface area contributed by atoms with Crippen LogP contribution in [0.5, 0.6) is 0 Å². The highest BCUT2D eigenvalue weighted by molar-refractivity contribution is 5.93. The van der Waals surface area contributed by atoms with Gasteiger partial charge < -0.3 is 26.8 Å². The van der Waals surface area contributed by atoms with Crippen LogP contribution in [0.4, 0.5) is 0 Å². The Balaban J connectivity index is 4.40. The molecule has 0 aromatic carbocycles. The van der Waals surface area contributed by atoms with E-state index >= 15 is 0 Å². The summed E-state index contributed by atoms with van der Waals surface area (Å²) in [5, 5.41) is 15.7. The van der Waals surface area contributed by atoms with Crippen LogP contribution in [0.2, 0.25) is 0 Å². The smallest absolute Gasteiger partial charge is 0.325 e. The second-order valence-electron chi connectivity index (χ2n) is 4.93. The molecule has 0 unspecified atom stereocenters. The normalized spacial score (nSPS) is 16.0. The Morgan fingerprint density at radius 1 is 0.762 bits per heavy atom. The Morgan fingerprint density at radius 3 is 1.43 bits per heavy atom. The number of hydrogen-bond donors (Lipinski definition) is 5. The first kappa shape index (κ1) is 18.8. The lowest BCUT2D eigenvalue weighted by Gasteiger charge is -2.19. The summed E-state index contributed by atoms with van der Waals surface area (Å²) in [6, 6.07) is -3.30. The molecule has 7 N–H and O–H groups in total. The number of hydrogen-bond acceptors (Lipinski definition) is 4. The molecule has 9 heteroatoms. The third-order valence-corrected chi connectivity index (χ3v) is 2.68. The Hall–Kier alpha value is -2.16. The Bertz CT molecular complexity index is 424. The molecular formula is C12H23N4O5+. The number of carbonyl (C=O) groups is 4. The minimum absolute atomic E-state index is 0.380. The number of carboxylic acids is 1. The molecule has 0 aromatic rings. The molecule has 0 spiro atoms. The van der Waals surface area contributed by atoms with Crippen LogP contribution in [0, 0.1) is 0 Å². The first-order valence-corrected chi connectivity index (χ1v) is 6.53. The van der Waals surface area contributed by atoms with Crippen molar-refractivity contribution >= 4 is 23.7 Å². The molecule has 3 amide bonds. The van der Waals surface area contributed by atoms with Gasteiger partial charge in [0.2, 0.25) is 11.8 Å². The third kappa shape index (κ3) is 6.70. The van der Waals surface area contributed by atoms with E-state index < -0.39 is 42.0 Å². The van der Waals surface area contributed by atoms with E-state index in [0.29, 0.717) is 0 Å². The van der Waals surface area contributed by atoms with Crippen LogP contribution >= 0.6 is 0 Å². The van der Waals surface area contributed by atoms with Crippen LogP contribution < -0.4 is 21.7 Å². The standard InChI is InChI=1S/C12H22N4O5/c1-5(13)9(17)14-6(2)10(18)15-7(3)11(19)16-8(4)12(20)21/h5-8H,13H2,1-4H3,(H,14,17)(H,15,18)(H,16,19)(H,20,21)/p+1/t5-,6-,7-,8-/m0/s1. The molecule has 4 atom stereocenters. The highest BCUT2D eigenvalue weighted by atomic mass is 16.4. The summed E-state index contributed by atoms with van der Waals surface area (Å²) in [6.45, 7) is 5.79. The number of carboxylic acid groups (broad SMARTS) is 1. The van der Waals surface area contributed by atoms with Crippen molar-refractivity contribution in [1.29, 1.82) is 0 Å². The maximum Gasteiger partial charge on any atom is 0.325 e. The molecule has 0 aliphatic heterocycles. The zero-order chi connectivity index (χ0) is 16.7. The van der Waals surface area contributed by atoms with Gasteiger partial charge in [0.05, 0.1) is 0 Å². The molecule has 0 saturated carbocycles. The van der Waals surface area contributed by atoms with E-state index in [4.69, 9.17) is 5.11 Å². The van der Waals surface area contributed by atoms with E-state index in [1.54, 1.807) is 6.92 Å². The molecule has 120 valence electrons. The van der Waals surface area contributed by atoms with Crippen LogP contribution in [0.25, 0.3) is 0 Å². The molecule has 0 heterocycles. The molecule has 0 fully saturated rings. The third-order valence-electron chi connectivity index (χ3n) is 2.68. The molecule has 0 rings (SSSR count). The van der Waals surface area contributed by atoms with Gasteiger partial charge in [-0.3, -0.25) is 19.2 Å². The second kappa shape index (κ2) is 8.20. The average molecular weight is 303 g/mol. The van der Waals surface area contributed by atoms with Crippen molar-refractivity contribution in [3.8, 4) is 0 Å². The lowest BCUT2D eigenvalue weighted by Crippen LogP contribution is -2.67. The summed E-state index contributed by atoms with van der Waals surface area (Å²) < 4.78 is 0. The van der Waals surface area contributed by atoms with Crippen molar-refractivity contribution in [3.05, 3.63) is 0 Å². The Kier molecular flexibility index (Phi) is 7.36. The highest BCUT2D eigenvalue weighted by Crippen LogP contribution is 1.90. The number of nitrogens with one attached hydrogen (secondary N) is 3. The van der Waals surface area contributed by atoms with Crippen LogP contribution in [-0.4, -0.2) is 53.0 Å². The predicted octanol–water partition coefficient (Wildman–Crippen LogP) is -2.78. The summed E-state index contributed by atoms with van der Waals surface area (Å²) in [6.07, 6.45) is 0. The molecule has 21 heavy (non-hydrogen) atoms. The van der Waals surface area contributed by atoms with E-state index in [9.17, 15) is 19.2 Å². The lowest BCUT2D eigenvalue weighted by atomic mass is 10.2. The molecule has 0 radical (unpaired) electrons. The van der Waals surface area contributed by atoms with Crippen molar-refractivity contribution in [2.45, 2.75) is 51.9 Å². The highest BCUT2D eigenvalue weighted by Gasteiger charge is 2.24. The topological polar surface area (TPSA) is 152 Å². The molecule has 0 aromatic heterocycles. The van der Waals surface area contributed by atoms with Crippen molar-refractivity contribution in [3.63, 3.8) is 0 Å². The van der Waals surface area contributed by atoms with Gasteiger partial charge in [-0.2, -0.15) is 0 Å². The van der Waals surface area contributed by atoms with Gasteiger partial charge in [0.25, 0.3) is 5.91 Å². The quantitative estimate of drug-likeness (QED) is 0.344. The summed E-state index contributed by atoms with van der Waals surface area (Å²) >= 11 is 0. The van der Waals surface area contributed by atoms with Gasteiger partial charge in [0, 0.05) is 0 Å². The number of rotatable bonds is 7. The number of aliphatic carboxylic acids is 1. The number of quaternary nitrogens is 1. The van der Waals surface area contributed by atoms with Crippen molar-refractivity contribution in [1.82, 2.24) is 16.0 Å². The number of amides is 3. The van der Waals surface area contributed by atoms with Crippen LogP contribution in [0.3, 0.4) is 0 Å². The van der Waals surface area contributed by atoms with Gasteiger partial charge in [-0.1, -0.05) is 0 Å². The van der Waals surface area contributed by atoms with Crippen LogP contribution in [-0.2, 0) is 19.2 Å². The monoisotopic (exact) mass is 303 g/mol. The fourth-order valence-electron chi connectivity index (χ4n) is 1.23. The molecule has 0 aliphatic carbocycles. The predicted molar refractivity (Wildman–Crippen MR) is 72.8 cm³/mol. The number of carbonyl (C=O) groups excluding carboxylic acids is 3. The van der Waals surface area contributed by atoms with Crippen molar-refractivity contribution < 1.29 is 30.0 Å². The second-order valence-corrected chi connectivity index (χ2v) is 4.93. The fraction of sp³-hybridized carbons (Fsp3) is 0.667. The lowest BCUT2D eigenvalue weighted by molar-refractivity contribution is -0.398. The van der Waals surface area contributed by atoms with Gasteiger partial charge in [0.15, 0.2) is 6.04 Å². The summed E-state index contributed by atoms with van der Waals surface area (Å²) in [7, 11) is 0. The zero-order valence-corrected chi connectivity index (χ0v) is 12.6. The average Bonchev–Trinajstić information content (AvgIpc) is 2.37. The first-order valence-electron chi connectivity index (χ1n) is 6.53. The van der Waals surface area contributed by atoms with Crippen molar-refractivity contribution in [2.24, 2.45) is 0 Å². The maximum absolute atomic E-state index is 11.8. The van der Waals surface area contributed by atoms with Gasteiger partial charge in [-0.25, -0.2) is 0 Å². The molecule has 0 aliphatic rings. The van der Waals surface area contributed by atoms with Gasteiger partial charge in [0.1, 0.15) is 18.1 Å². The summed E-state index contributed by atoms with van der Waals surface area (Å²) in [5.74, 6) is -2.72. The fourth-order valence-corrected chi connectivity index (χ4v) is 1.23. The zero-order valence-electron chi connectivity index (χ0n) is 12.6. The van der Waals surface area contributed by atoms with Gasteiger partial charge in [-0.05, 0) is 27.7 Å². The minimum atomic E-state index is -1.17. The Labute approximate surface area is 122 Å². The van der Waals surface area contributed by atoms with E-state index in [0.717, 1.165) is 0 Å². The first-order chi connectivity index (χ1) is 9.56. The summed E-state index contributed by atoms with van der Waals surface area (Å²) in [4.78, 5) is 45.5. The van der Waals surface area contributed by atoms with Crippen LogP contribution in [0.15, 0.2) is 0 Å². The van der Waals surface area contributed by atoms with Gasteiger partial charge in [-0.15, -0.1) is 0 Å². The van der Waals surface area contributed by atoms with Crippen molar-refractivity contribution in [2.75, 3.05) is 0 Å². The molecular weight excluding hydrogens is 280 g/mol. The molecule has 0 bridgehead atoms. The van der Waals surface area contributed by atoms with Gasteiger partial charge >= 0.3 is 5.97 Å². The van der Waals surface area contributed by atoms with E-state index in [2.05, 4.69) is 21.7 Å². The van der Waals surface area contributed by atoms with E-state index in [-0.39, 0.29) is 5.91 Å². The SMILES string of the molecule is C[C@H]([NH3+])C(=O)N[C@@H](C)C(=O)N[C@@H](C)C(=O)N[C@@H](C)C(=O)O. The largest absolute Gasteiger partial charge is 0.480 e. The maximum atomic E-state index is 11.8. The molecule has 0 saturated heterocycles. The Morgan fingerprint density at radius 2 is 1.10 bits per heavy atom. The van der Waals surface area contributed by atoms with E-state index in [1.807, 2.05) is 0 Å². The van der Waals surface area contributed by atoms with Crippen LogP contribution in [0.1, 0.15) is 27.7 Å². The molecule has 9 nitrogen and oxygen atoms in total.